The second kappa shape index (κ2) is 6.10. The number of carbonyl (C=O) groups is 1. The molecule has 4 nitrogen and oxygen atoms in total. The number of aliphatic hydroxyl groups is 1. The van der Waals surface area contributed by atoms with E-state index in [0.717, 1.165) is 0 Å². The van der Waals surface area contributed by atoms with Crippen molar-refractivity contribution in [2.24, 2.45) is 11.7 Å². The maximum absolute atomic E-state index is 11.1. The first-order valence-corrected chi connectivity index (χ1v) is 4.54. The minimum atomic E-state index is -1.35. The lowest BCUT2D eigenvalue weighted by Gasteiger charge is -2.30. The second-order valence-corrected chi connectivity index (χ2v) is 3.91. The summed E-state index contributed by atoms with van der Waals surface area (Å²) < 4.78 is 5.02. The number of hydrogen-bond donors (Lipinski definition) is 2. The standard InChI is InChI=1S/C10H19NO3.ClH/c1-6(2)9(12)14-8(4)7(3)10(5,11)13;/h7-8,13H,1,11H2,2-5H3;1H. The van der Waals surface area contributed by atoms with Crippen LogP contribution in [0.5, 0.6) is 0 Å². The first-order valence-electron chi connectivity index (χ1n) is 4.54. The van der Waals surface area contributed by atoms with E-state index in [1.54, 1.807) is 20.8 Å². The van der Waals surface area contributed by atoms with Crippen molar-refractivity contribution in [3.63, 3.8) is 0 Å². The number of nitrogens with two attached hydrogens (primary N) is 1. The molecular formula is C10H20ClNO3. The molecule has 3 N–H and O–H groups in total. The summed E-state index contributed by atoms with van der Waals surface area (Å²) in [6, 6.07) is 0. The molecule has 0 rings (SSSR count). The van der Waals surface area contributed by atoms with E-state index in [1.165, 1.54) is 6.92 Å². The zero-order chi connectivity index (χ0) is 11.5. The Labute approximate surface area is 96.9 Å². The Kier molecular flexibility index (Phi) is 6.85. The highest BCUT2D eigenvalue weighted by Gasteiger charge is 2.30. The molecule has 0 bridgehead atoms. The number of carbonyl (C=O) groups excluding carboxylic acids is 1. The summed E-state index contributed by atoms with van der Waals surface area (Å²) in [5, 5.41) is 9.47. The SMILES string of the molecule is C=C(C)C(=O)OC(C)C(C)C(C)(N)O.Cl. The van der Waals surface area contributed by atoms with E-state index < -0.39 is 17.8 Å². The largest absolute Gasteiger partial charge is 0.459 e. The molecule has 0 aliphatic rings. The van der Waals surface area contributed by atoms with Crippen molar-refractivity contribution < 1.29 is 14.6 Å². The molecule has 3 unspecified atom stereocenters. The van der Waals surface area contributed by atoms with Crippen molar-refractivity contribution in [3.05, 3.63) is 12.2 Å². The van der Waals surface area contributed by atoms with Crippen LogP contribution >= 0.6 is 12.4 Å². The Balaban J connectivity index is 0. The van der Waals surface area contributed by atoms with Gasteiger partial charge in [-0.15, -0.1) is 12.4 Å². The molecule has 0 heterocycles. The van der Waals surface area contributed by atoms with Gasteiger partial charge in [0.25, 0.3) is 0 Å². The molecule has 0 amide bonds. The Morgan fingerprint density at radius 3 is 2.20 bits per heavy atom. The third-order valence-electron chi connectivity index (χ3n) is 2.27. The molecule has 0 aliphatic carbocycles. The van der Waals surface area contributed by atoms with Crippen LogP contribution in [-0.2, 0) is 9.53 Å². The molecule has 0 saturated carbocycles. The molecule has 0 spiro atoms. The van der Waals surface area contributed by atoms with Crippen molar-refractivity contribution in [1.82, 2.24) is 0 Å². The highest BCUT2D eigenvalue weighted by atomic mass is 35.5. The summed E-state index contributed by atoms with van der Waals surface area (Å²) in [4.78, 5) is 11.1. The number of rotatable bonds is 4. The van der Waals surface area contributed by atoms with Gasteiger partial charge in [-0.1, -0.05) is 13.5 Å². The first-order chi connectivity index (χ1) is 6.16. The highest BCUT2D eigenvalue weighted by molar-refractivity contribution is 5.87. The lowest BCUT2D eigenvalue weighted by atomic mass is 9.95. The average Bonchev–Trinajstić information content (AvgIpc) is 2.00. The Hall–Kier alpha value is -0.580. The topological polar surface area (TPSA) is 72.5 Å². The lowest BCUT2D eigenvalue weighted by Crippen LogP contribution is -2.48. The summed E-state index contributed by atoms with van der Waals surface area (Å²) >= 11 is 0. The number of ether oxygens (including phenoxy) is 1. The fourth-order valence-corrected chi connectivity index (χ4v) is 0.847. The fourth-order valence-electron chi connectivity index (χ4n) is 0.847. The summed E-state index contributed by atoms with van der Waals surface area (Å²) in [5.74, 6) is -0.806. The predicted octanol–water partition coefficient (Wildman–Crippen LogP) is 1.22. The fraction of sp³-hybridized carbons (Fsp3) is 0.700. The van der Waals surface area contributed by atoms with Gasteiger partial charge >= 0.3 is 5.97 Å². The first kappa shape index (κ1) is 16.8. The summed E-state index contributed by atoms with van der Waals surface area (Å²) in [6.45, 7) is 9.91. The van der Waals surface area contributed by atoms with Crippen LogP contribution in [0.15, 0.2) is 12.2 Å². The third-order valence-corrected chi connectivity index (χ3v) is 2.27. The van der Waals surface area contributed by atoms with Crippen LogP contribution in [0, 0.1) is 5.92 Å². The average molecular weight is 238 g/mol. The van der Waals surface area contributed by atoms with Crippen molar-refractivity contribution in [1.29, 1.82) is 0 Å². The molecule has 90 valence electrons. The molecule has 0 aromatic heterocycles. The Morgan fingerprint density at radius 1 is 1.53 bits per heavy atom. The van der Waals surface area contributed by atoms with E-state index in [1.807, 2.05) is 0 Å². The van der Waals surface area contributed by atoms with E-state index in [4.69, 9.17) is 10.5 Å². The van der Waals surface area contributed by atoms with Crippen molar-refractivity contribution >= 4 is 18.4 Å². The van der Waals surface area contributed by atoms with Crippen LogP contribution in [0.25, 0.3) is 0 Å². The molecule has 0 fully saturated rings. The van der Waals surface area contributed by atoms with E-state index in [0.29, 0.717) is 5.57 Å². The van der Waals surface area contributed by atoms with Crippen LogP contribution < -0.4 is 5.73 Å². The maximum Gasteiger partial charge on any atom is 0.333 e. The number of halogens is 1. The van der Waals surface area contributed by atoms with Crippen LogP contribution in [0.1, 0.15) is 27.7 Å². The van der Waals surface area contributed by atoms with Crippen molar-refractivity contribution in [2.75, 3.05) is 0 Å². The molecule has 5 heteroatoms. The van der Waals surface area contributed by atoms with Gasteiger partial charge < -0.3 is 15.6 Å². The smallest absolute Gasteiger partial charge is 0.333 e. The van der Waals surface area contributed by atoms with Gasteiger partial charge in [-0.2, -0.15) is 0 Å². The zero-order valence-corrected chi connectivity index (χ0v) is 10.4. The van der Waals surface area contributed by atoms with Gasteiger partial charge in [-0.25, -0.2) is 4.79 Å². The van der Waals surface area contributed by atoms with E-state index in [9.17, 15) is 9.90 Å². The van der Waals surface area contributed by atoms with Crippen molar-refractivity contribution in [2.45, 2.75) is 39.5 Å². The molecule has 15 heavy (non-hydrogen) atoms. The predicted molar refractivity (Wildman–Crippen MR) is 61.6 cm³/mol. The summed E-state index contributed by atoms with van der Waals surface area (Å²) in [6.07, 6.45) is -0.445. The molecule has 0 aliphatic heterocycles. The molecule has 0 saturated heterocycles. The number of hydrogen-bond acceptors (Lipinski definition) is 4. The van der Waals surface area contributed by atoms with Gasteiger partial charge in [0, 0.05) is 11.5 Å². The normalized spacial score (nSPS) is 18.0. The van der Waals surface area contributed by atoms with Gasteiger partial charge in [0.15, 0.2) is 0 Å². The van der Waals surface area contributed by atoms with Gasteiger partial charge in [0.2, 0.25) is 0 Å². The Bertz CT molecular complexity index is 235. The van der Waals surface area contributed by atoms with Gasteiger partial charge in [0.05, 0.1) is 0 Å². The summed E-state index contributed by atoms with van der Waals surface area (Å²) in [7, 11) is 0. The maximum atomic E-state index is 11.1. The molecular weight excluding hydrogens is 218 g/mol. The quantitative estimate of drug-likeness (QED) is 0.438. The van der Waals surface area contributed by atoms with Gasteiger partial charge in [-0.3, -0.25) is 0 Å². The van der Waals surface area contributed by atoms with Gasteiger partial charge in [0.1, 0.15) is 11.8 Å². The minimum absolute atomic E-state index is 0. The lowest BCUT2D eigenvalue weighted by molar-refractivity contribution is -0.150. The second-order valence-electron chi connectivity index (χ2n) is 3.91. The highest BCUT2D eigenvalue weighted by Crippen LogP contribution is 2.18. The molecule has 0 aromatic rings. The van der Waals surface area contributed by atoms with Crippen molar-refractivity contribution in [3.8, 4) is 0 Å². The third kappa shape index (κ3) is 5.77. The van der Waals surface area contributed by atoms with E-state index in [2.05, 4.69) is 6.58 Å². The zero-order valence-electron chi connectivity index (χ0n) is 9.61. The molecule has 3 atom stereocenters. The van der Waals surface area contributed by atoms with Crippen LogP contribution in [-0.4, -0.2) is 22.9 Å². The molecule has 0 aromatic carbocycles. The van der Waals surface area contributed by atoms with Crippen LogP contribution in [0.2, 0.25) is 0 Å². The number of esters is 1. The minimum Gasteiger partial charge on any atom is -0.459 e. The van der Waals surface area contributed by atoms with Crippen LogP contribution in [0.3, 0.4) is 0 Å². The van der Waals surface area contributed by atoms with Gasteiger partial charge in [-0.05, 0) is 20.8 Å². The summed E-state index contributed by atoms with van der Waals surface area (Å²) in [5.41, 5.74) is 4.46. The Morgan fingerprint density at radius 2 is 1.93 bits per heavy atom. The van der Waals surface area contributed by atoms with E-state index >= 15 is 0 Å². The monoisotopic (exact) mass is 237 g/mol. The van der Waals surface area contributed by atoms with E-state index in [-0.39, 0.29) is 18.3 Å². The molecule has 0 radical (unpaired) electrons. The van der Waals surface area contributed by atoms with Crippen LogP contribution in [0.4, 0.5) is 0 Å².